The van der Waals surface area contributed by atoms with Crippen LogP contribution in [-0.2, 0) is 11.2 Å². The van der Waals surface area contributed by atoms with Crippen LogP contribution in [0.1, 0.15) is 45.0 Å². The Morgan fingerprint density at radius 3 is 2.33 bits per heavy atom. The minimum absolute atomic E-state index is 0.175. The first-order valence-corrected chi connectivity index (χ1v) is 12.4. The third-order valence-electron chi connectivity index (χ3n) is 5.95. The molecule has 1 aromatic carbocycles. The van der Waals surface area contributed by atoms with E-state index < -0.39 is 5.60 Å². The summed E-state index contributed by atoms with van der Waals surface area (Å²) in [7, 11) is 1.83. The molecule has 9 nitrogen and oxygen atoms in total. The molecule has 36 heavy (non-hydrogen) atoms. The van der Waals surface area contributed by atoms with Crippen molar-refractivity contribution in [2.24, 2.45) is 0 Å². The molecule has 0 spiro atoms. The topological polar surface area (TPSA) is 96.4 Å². The lowest BCUT2D eigenvalue weighted by Crippen LogP contribution is -2.47. The van der Waals surface area contributed by atoms with Crippen LogP contribution in [0.4, 0.5) is 22.1 Å². The molecule has 0 aliphatic carbocycles. The maximum atomic E-state index is 12.4. The lowest BCUT2D eigenvalue weighted by molar-refractivity contribution is 0.0201. The van der Waals surface area contributed by atoms with Gasteiger partial charge in [0.15, 0.2) is 0 Å². The molecule has 190 valence electrons. The van der Waals surface area contributed by atoms with Crippen LogP contribution in [0.25, 0.3) is 0 Å². The van der Waals surface area contributed by atoms with Crippen molar-refractivity contribution in [3.63, 3.8) is 0 Å². The standard InChI is InChI=1S/C26H32ClN7O2/c1-26(2,3)36-25(35)33(4)19-11-15-34(16-12-19)20-7-5-18(6-8-20)17-23-28-13-9-21(31-23)30-22-10-14-29-24(27)32-22/h5-10,13-14,19H,11-12,15-17H2,1-4H3,(H,28,29,30,31,32). The van der Waals surface area contributed by atoms with E-state index in [9.17, 15) is 4.79 Å². The van der Waals surface area contributed by atoms with Crippen molar-refractivity contribution in [1.29, 1.82) is 0 Å². The van der Waals surface area contributed by atoms with Crippen LogP contribution >= 0.6 is 11.6 Å². The summed E-state index contributed by atoms with van der Waals surface area (Å²) >= 11 is 5.85. The van der Waals surface area contributed by atoms with E-state index in [1.807, 2.05) is 27.8 Å². The fraction of sp³-hybridized carbons (Fsp3) is 0.423. The van der Waals surface area contributed by atoms with Crippen molar-refractivity contribution in [3.8, 4) is 0 Å². The van der Waals surface area contributed by atoms with Crippen molar-refractivity contribution in [2.45, 2.75) is 51.7 Å². The second kappa shape index (κ2) is 11.1. The Hall–Kier alpha value is -3.46. The van der Waals surface area contributed by atoms with Crippen LogP contribution < -0.4 is 10.2 Å². The van der Waals surface area contributed by atoms with Crippen molar-refractivity contribution in [1.82, 2.24) is 24.8 Å². The van der Waals surface area contributed by atoms with E-state index in [0.29, 0.717) is 23.9 Å². The van der Waals surface area contributed by atoms with Crippen LogP contribution in [0.5, 0.6) is 0 Å². The first-order chi connectivity index (χ1) is 17.2. The first kappa shape index (κ1) is 25.6. The number of hydrogen-bond acceptors (Lipinski definition) is 8. The van der Waals surface area contributed by atoms with Crippen molar-refractivity contribution < 1.29 is 9.53 Å². The van der Waals surface area contributed by atoms with Gasteiger partial charge in [-0.05, 0) is 75.0 Å². The average Bonchev–Trinajstić information content (AvgIpc) is 2.83. The van der Waals surface area contributed by atoms with Crippen LogP contribution in [0.3, 0.4) is 0 Å². The first-order valence-electron chi connectivity index (χ1n) is 12.0. The molecule has 0 saturated carbocycles. The van der Waals surface area contributed by atoms with Crippen LogP contribution in [0.15, 0.2) is 48.8 Å². The Labute approximate surface area is 216 Å². The predicted molar refractivity (Wildman–Crippen MR) is 141 cm³/mol. The summed E-state index contributed by atoms with van der Waals surface area (Å²) in [6.07, 6.45) is 5.48. The molecule has 0 unspecified atom stereocenters. The molecule has 3 heterocycles. The van der Waals surface area contributed by atoms with Gasteiger partial charge >= 0.3 is 6.09 Å². The molecule has 10 heteroatoms. The monoisotopic (exact) mass is 509 g/mol. The molecule has 1 aliphatic rings. The van der Waals surface area contributed by atoms with Crippen LogP contribution in [-0.4, -0.2) is 62.7 Å². The van der Waals surface area contributed by atoms with Gasteiger partial charge in [-0.3, -0.25) is 0 Å². The van der Waals surface area contributed by atoms with Gasteiger partial charge in [0.1, 0.15) is 23.1 Å². The number of rotatable bonds is 6. The third kappa shape index (κ3) is 7.04. The van der Waals surface area contributed by atoms with Gasteiger partial charge in [0, 0.05) is 50.7 Å². The highest BCUT2D eigenvalue weighted by atomic mass is 35.5. The normalized spacial score (nSPS) is 14.4. The number of halogens is 1. The number of anilines is 3. The molecule has 0 radical (unpaired) electrons. The lowest BCUT2D eigenvalue weighted by Gasteiger charge is -2.38. The van der Waals surface area contributed by atoms with E-state index in [1.54, 1.807) is 29.4 Å². The van der Waals surface area contributed by atoms with Gasteiger partial charge in [-0.25, -0.2) is 24.7 Å². The highest BCUT2D eigenvalue weighted by molar-refractivity contribution is 6.28. The number of piperidine rings is 1. The van der Waals surface area contributed by atoms with Crippen molar-refractivity contribution in [2.75, 3.05) is 30.4 Å². The number of benzene rings is 1. The van der Waals surface area contributed by atoms with Crippen LogP contribution in [0.2, 0.25) is 5.28 Å². The molecule has 1 amide bonds. The van der Waals surface area contributed by atoms with E-state index in [1.165, 1.54) is 5.69 Å². The smallest absolute Gasteiger partial charge is 0.410 e. The van der Waals surface area contributed by atoms with Crippen molar-refractivity contribution in [3.05, 3.63) is 65.5 Å². The molecule has 3 aromatic rings. The molecule has 1 aliphatic heterocycles. The lowest BCUT2D eigenvalue weighted by atomic mass is 10.0. The maximum Gasteiger partial charge on any atom is 0.410 e. The second-order valence-electron chi connectivity index (χ2n) is 9.85. The largest absolute Gasteiger partial charge is 0.444 e. The summed E-state index contributed by atoms with van der Waals surface area (Å²) < 4.78 is 5.52. The zero-order valence-electron chi connectivity index (χ0n) is 21.1. The zero-order chi connectivity index (χ0) is 25.7. The molecule has 1 saturated heterocycles. The minimum Gasteiger partial charge on any atom is -0.444 e. The van der Waals surface area contributed by atoms with Gasteiger partial charge in [-0.2, -0.15) is 0 Å². The van der Waals surface area contributed by atoms with Gasteiger partial charge in [0.25, 0.3) is 0 Å². The number of carbonyl (C=O) groups excluding carboxylic acids is 1. The number of carbonyl (C=O) groups is 1. The molecule has 4 rings (SSSR count). The quantitative estimate of drug-likeness (QED) is 0.459. The highest BCUT2D eigenvalue weighted by Crippen LogP contribution is 2.24. The number of amides is 1. The summed E-state index contributed by atoms with van der Waals surface area (Å²) in [5, 5.41) is 3.30. The van der Waals surface area contributed by atoms with Gasteiger partial charge in [-0.15, -0.1) is 0 Å². The van der Waals surface area contributed by atoms with Crippen molar-refractivity contribution >= 4 is 35.0 Å². The Morgan fingerprint density at radius 2 is 1.69 bits per heavy atom. The van der Waals surface area contributed by atoms with Gasteiger partial charge < -0.3 is 19.9 Å². The molecule has 0 bridgehead atoms. The third-order valence-corrected chi connectivity index (χ3v) is 6.13. The number of ether oxygens (including phenoxy) is 1. The number of aromatic nitrogens is 4. The molecule has 1 N–H and O–H groups in total. The maximum absolute atomic E-state index is 12.4. The summed E-state index contributed by atoms with van der Waals surface area (Å²) in [5.41, 5.74) is 1.82. The van der Waals surface area contributed by atoms with Gasteiger partial charge in [-0.1, -0.05) is 12.1 Å². The predicted octanol–water partition coefficient (Wildman–Crippen LogP) is 5.09. The molecule has 1 fully saturated rings. The molecule has 2 aromatic heterocycles. The number of nitrogens with zero attached hydrogens (tertiary/aromatic N) is 6. The fourth-order valence-corrected chi connectivity index (χ4v) is 4.24. The molecular weight excluding hydrogens is 478 g/mol. The number of nitrogens with one attached hydrogen (secondary N) is 1. The minimum atomic E-state index is -0.484. The summed E-state index contributed by atoms with van der Waals surface area (Å²) in [6, 6.07) is 12.2. The Morgan fingerprint density at radius 1 is 1.06 bits per heavy atom. The van der Waals surface area contributed by atoms with Gasteiger partial charge in [0.05, 0.1) is 0 Å². The highest BCUT2D eigenvalue weighted by Gasteiger charge is 2.28. The number of hydrogen-bond donors (Lipinski definition) is 1. The van der Waals surface area contributed by atoms with E-state index >= 15 is 0 Å². The second-order valence-corrected chi connectivity index (χ2v) is 10.2. The average molecular weight is 510 g/mol. The summed E-state index contributed by atoms with van der Waals surface area (Å²) in [5.74, 6) is 1.93. The fourth-order valence-electron chi connectivity index (χ4n) is 4.09. The Bertz CT molecular complexity index is 1180. The van der Waals surface area contributed by atoms with E-state index in [0.717, 1.165) is 31.5 Å². The Kier molecular flexibility index (Phi) is 7.88. The summed E-state index contributed by atoms with van der Waals surface area (Å²) in [4.78, 5) is 33.5. The van der Waals surface area contributed by atoms with E-state index in [2.05, 4.69) is 54.4 Å². The SMILES string of the molecule is CN(C(=O)OC(C)(C)C)C1CCN(c2ccc(Cc3nccc(Nc4ccnc(Cl)n4)n3)cc2)CC1. The van der Waals surface area contributed by atoms with E-state index in [4.69, 9.17) is 16.3 Å². The Balaban J connectivity index is 1.31. The molecular formula is C26H32ClN7O2. The zero-order valence-corrected chi connectivity index (χ0v) is 21.9. The molecule has 0 atom stereocenters. The van der Waals surface area contributed by atoms with Crippen LogP contribution in [0, 0.1) is 0 Å². The van der Waals surface area contributed by atoms with E-state index in [-0.39, 0.29) is 17.4 Å². The summed E-state index contributed by atoms with van der Waals surface area (Å²) in [6.45, 7) is 7.45. The van der Waals surface area contributed by atoms with Gasteiger partial charge in [0.2, 0.25) is 5.28 Å².